The van der Waals surface area contributed by atoms with Gasteiger partial charge in [-0.1, -0.05) is 18.2 Å². The molecule has 2 aromatic heterocycles. The highest BCUT2D eigenvalue weighted by molar-refractivity contribution is 6.00. The Morgan fingerprint density at radius 1 is 1.18 bits per heavy atom. The fourth-order valence-electron chi connectivity index (χ4n) is 3.65. The standard InChI is InChI=1S/C27H26N2O4/c1-4-32-25-14-26-23(24(17-33-26)20-7-9-21(31-3)10-8-20)13-22(25)18(2)12-27(30)29-16-19-6-5-11-28-15-19/h5-15,17H,4,16H2,1-3H3,(H,29,30)/b18-12+. The molecule has 0 aliphatic heterocycles. The van der Waals surface area contributed by atoms with Crippen molar-refractivity contribution in [2.24, 2.45) is 0 Å². The van der Waals surface area contributed by atoms with Crippen LogP contribution in [-0.4, -0.2) is 24.6 Å². The number of furan rings is 1. The van der Waals surface area contributed by atoms with Crippen molar-refractivity contribution < 1.29 is 18.7 Å². The van der Waals surface area contributed by atoms with Gasteiger partial charge in [0.25, 0.3) is 0 Å². The monoisotopic (exact) mass is 442 g/mol. The molecule has 0 aliphatic carbocycles. The molecule has 0 radical (unpaired) electrons. The first-order valence-electron chi connectivity index (χ1n) is 10.8. The number of amides is 1. The molecule has 0 saturated carbocycles. The van der Waals surface area contributed by atoms with Crippen LogP contribution in [0.1, 0.15) is 25.0 Å². The van der Waals surface area contributed by atoms with Crippen LogP contribution in [0, 0.1) is 0 Å². The number of rotatable bonds is 8. The molecule has 4 aromatic rings. The molecule has 33 heavy (non-hydrogen) atoms. The maximum Gasteiger partial charge on any atom is 0.244 e. The number of hydrogen-bond donors (Lipinski definition) is 1. The van der Waals surface area contributed by atoms with Crippen molar-refractivity contribution in [2.75, 3.05) is 13.7 Å². The zero-order chi connectivity index (χ0) is 23.2. The third kappa shape index (κ3) is 5.06. The van der Waals surface area contributed by atoms with Crippen LogP contribution in [0.15, 0.2) is 77.7 Å². The highest BCUT2D eigenvalue weighted by Gasteiger charge is 2.15. The Labute approximate surface area is 192 Å². The van der Waals surface area contributed by atoms with Crippen molar-refractivity contribution in [3.63, 3.8) is 0 Å². The number of benzene rings is 2. The summed E-state index contributed by atoms with van der Waals surface area (Å²) in [7, 11) is 1.64. The van der Waals surface area contributed by atoms with Gasteiger partial charge in [0, 0.05) is 47.6 Å². The molecular formula is C27H26N2O4. The summed E-state index contributed by atoms with van der Waals surface area (Å²) in [4.78, 5) is 16.6. The summed E-state index contributed by atoms with van der Waals surface area (Å²) in [5.41, 5.74) is 5.28. The second-order valence-corrected chi connectivity index (χ2v) is 7.56. The van der Waals surface area contributed by atoms with Crippen LogP contribution in [0.3, 0.4) is 0 Å². The molecule has 4 rings (SSSR count). The lowest BCUT2D eigenvalue weighted by Gasteiger charge is -2.12. The van der Waals surface area contributed by atoms with Gasteiger partial charge in [-0.15, -0.1) is 0 Å². The lowest BCUT2D eigenvalue weighted by Crippen LogP contribution is -2.20. The van der Waals surface area contributed by atoms with Gasteiger partial charge < -0.3 is 19.2 Å². The quantitative estimate of drug-likeness (QED) is 0.359. The van der Waals surface area contributed by atoms with Gasteiger partial charge in [0.05, 0.1) is 20.0 Å². The fourth-order valence-corrected chi connectivity index (χ4v) is 3.65. The Morgan fingerprint density at radius 3 is 2.70 bits per heavy atom. The van der Waals surface area contributed by atoms with E-state index in [9.17, 15) is 4.79 Å². The molecule has 1 N–H and O–H groups in total. The average molecular weight is 443 g/mol. The Hall–Kier alpha value is -4.06. The molecule has 0 spiro atoms. The minimum Gasteiger partial charge on any atom is -0.497 e. The minimum atomic E-state index is -0.179. The van der Waals surface area contributed by atoms with E-state index in [2.05, 4.69) is 10.3 Å². The van der Waals surface area contributed by atoms with Crippen molar-refractivity contribution in [1.82, 2.24) is 10.3 Å². The van der Waals surface area contributed by atoms with E-state index in [1.54, 1.807) is 31.8 Å². The summed E-state index contributed by atoms with van der Waals surface area (Å²) in [6.07, 6.45) is 6.77. The van der Waals surface area contributed by atoms with Crippen LogP contribution in [0.25, 0.3) is 27.7 Å². The van der Waals surface area contributed by atoms with E-state index in [-0.39, 0.29) is 5.91 Å². The zero-order valence-corrected chi connectivity index (χ0v) is 18.9. The van der Waals surface area contributed by atoms with Gasteiger partial charge in [-0.05, 0) is 54.8 Å². The molecule has 6 nitrogen and oxygen atoms in total. The van der Waals surface area contributed by atoms with Crippen LogP contribution >= 0.6 is 0 Å². The summed E-state index contributed by atoms with van der Waals surface area (Å²) >= 11 is 0. The first kappa shape index (κ1) is 22.1. The number of nitrogens with zero attached hydrogens (tertiary/aromatic N) is 1. The number of fused-ring (bicyclic) bond motifs is 1. The van der Waals surface area contributed by atoms with Crippen molar-refractivity contribution in [2.45, 2.75) is 20.4 Å². The van der Waals surface area contributed by atoms with Gasteiger partial charge in [0.1, 0.15) is 17.1 Å². The summed E-state index contributed by atoms with van der Waals surface area (Å²) in [5, 5.41) is 3.85. The van der Waals surface area contributed by atoms with E-state index in [0.717, 1.165) is 44.5 Å². The second kappa shape index (κ2) is 10.0. The highest BCUT2D eigenvalue weighted by Crippen LogP contribution is 2.37. The SMILES string of the molecule is CCOc1cc2occ(-c3ccc(OC)cc3)c2cc1/C(C)=C/C(=O)NCc1cccnc1. The van der Waals surface area contributed by atoms with Crippen LogP contribution in [0.4, 0.5) is 0 Å². The normalized spacial score (nSPS) is 11.4. The lowest BCUT2D eigenvalue weighted by atomic mass is 9.99. The highest BCUT2D eigenvalue weighted by atomic mass is 16.5. The molecule has 2 heterocycles. The molecule has 1 amide bonds. The van der Waals surface area contributed by atoms with E-state index in [1.165, 1.54) is 0 Å². The number of carbonyl (C=O) groups excluding carboxylic acids is 1. The number of pyridine rings is 1. The van der Waals surface area contributed by atoms with E-state index < -0.39 is 0 Å². The van der Waals surface area contributed by atoms with Crippen molar-refractivity contribution >= 4 is 22.4 Å². The van der Waals surface area contributed by atoms with Crippen LogP contribution in [0.5, 0.6) is 11.5 Å². The second-order valence-electron chi connectivity index (χ2n) is 7.56. The predicted octanol–water partition coefficient (Wildman–Crippen LogP) is 5.62. The van der Waals surface area contributed by atoms with E-state index in [1.807, 2.05) is 62.4 Å². The molecular weight excluding hydrogens is 416 g/mol. The number of carbonyl (C=O) groups is 1. The van der Waals surface area contributed by atoms with Gasteiger partial charge in [0.15, 0.2) is 0 Å². The summed E-state index contributed by atoms with van der Waals surface area (Å²) in [6.45, 7) is 4.75. The molecule has 0 unspecified atom stereocenters. The number of methoxy groups -OCH3 is 1. The maximum atomic E-state index is 12.6. The Kier molecular flexibility index (Phi) is 6.74. The fraction of sp³-hybridized carbons (Fsp3) is 0.185. The molecule has 2 aromatic carbocycles. The summed E-state index contributed by atoms with van der Waals surface area (Å²) < 4.78 is 17.0. The van der Waals surface area contributed by atoms with Gasteiger partial charge in [-0.3, -0.25) is 9.78 Å². The van der Waals surface area contributed by atoms with Crippen LogP contribution in [0.2, 0.25) is 0 Å². The van der Waals surface area contributed by atoms with Gasteiger partial charge in [-0.2, -0.15) is 0 Å². The van der Waals surface area contributed by atoms with E-state index in [0.29, 0.717) is 18.9 Å². The number of hydrogen-bond acceptors (Lipinski definition) is 5. The zero-order valence-electron chi connectivity index (χ0n) is 18.9. The van der Waals surface area contributed by atoms with E-state index in [4.69, 9.17) is 13.9 Å². The first-order chi connectivity index (χ1) is 16.1. The molecule has 6 heteroatoms. The maximum absolute atomic E-state index is 12.6. The molecule has 0 fully saturated rings. The Bertz CT molecular complexity index is 1270. The largest absolute Gasteiger partial charge is 0.497 e. The van der Waals surface area contributed by atoms with Crippen molar-refractivity contribution in [1.29, 1.82) is 0 Å². The van der Waals surface area contributed by atoms with Crippen LogP contribution < -0.4 is 14.8 Å². The molecule has 168 valence electrons. The minimum absolute atomic E-state index is 0.179. The molecule has 0 saturated heterocycles. The summed E-state index contributed by atoms with van der Waals surface area (Å²) in [6, 6.07) is 15.5. The molecule has 0 atom stereocenters. The smallest absolute Gasteiger partial charge is 0.244 e. The number of ether oxygens (including phenoxy) is 2. The van der Waals surface area contributed by atoms with Crippen molar-refractivity contribution in [3.05, 3.63) is 84.4 Å². The number of allylic oxidation sites excluding steroid dienone is 1. The van der Waals surface area contributed by atoms with E-state index >= 15 is 0 Å². The Morgan fingerprint density at radius 2 is 2.00 bits per heavy atom. The number of nitrogens with one attached hydrogen (secondary N) is 1. The third-order valence-electron chi connectivity index (χ3n) is 5.34. The first-order valence-corrected chi connectivity index (χ1v) is 10.8. The topological polar surface area (TPSA) is 73.6 Å². The molecule has 0 aliphatic rings. The lowest BCUT2D eigenvalue weighted by molar-refractivity contribution is -0.116. The summed E-state index contributed by atoms with van der Waals surface area (Å²) in [5.74, 6) is 1.29. The average Bonchev–Trinajstić information content (AvgIpc) is 3.26. The van der Waals surface area contributed by atoms with Gasteiger partial charge in [-0.25, -0.2) is 0 Å². The predicted molar refractivity (Wildman–Crippen MR) is 129 cm³/mol. The number of aromatic nitrogens is 1. The van der Waals surface area contributed by atoms with Crippen LogP contribution in [-0.2, 0) is 11.3 Å². The Balaban J connectivity index is 1.66. The third-order valence-corrected chi connectivity index (χ3v) is 5.34. The van der Waals surface area contributed by atoms with Gasteiger partial charge >= 0.3 is 0 Å². The molecule has 0 bridgehead atoms. The van der Waals surface area contributed by atoms with Crippen molar-refractivity contribution in [3.8, 4) is 22.6 Å². The van der Waals surface area contributed by atoms with Gasteiger partial charge in [0.2, 0.25) is 5.91 Å².